The molecule has 4 atom stereocenters. The first kappa shape index (κ1) is 43.8. The molecule has 0 bridgehead atoms. The molecule has 0 saturated heterocycles. The molecule has 0 fully saturated rings. The maximum atomic E-state index is 12.2. The van der Waals surface area contributed by atoms with Crippen LogP contribution in [0.25, 0.3) is 0 Å². The highest BCUT2D eigenvalue weighted by molar-refractivity contribution is 7.96. The van der Waals surface area contributed by atoms with Crippen LogP contribution in [-0.4, -0.2) is 77.7 Å². The smallest absolute Gasteiger partial charge is 0.157 e. The molecule has 0 aromatic heterocycles. The molecule has 0 aliphatic heterocycles. The fraction of sp³-hybridized carbons (Fsp3) is 0.500. The molecule has 4 unspecified atom stereocenters. The van der Waals surface area contributed by atoms with Crippen LogP contribution in [0.1, 0.15) is 55.4 Å². The Morgan fingerprint density at radius 3 is 0.636 bits per heavy atom. The topological polar surface area (TPSA) is 137 Å². The van der Waals surface area contributed by atoms with Gasteiger partial charge in [0.05, 0.1) is 44.0 Å². The number of hydrogen-bond donors (Lipinski definition) is 0. The monoisotopic (exact) mass is 692 g/mol. The van der Waals surface area contributed by atoms with Gasteiger partial charge in [0.1, 0.15) is 0 Å². The van der Waals surface area contributed by atoms with Gasteiger partial charge in [-0.25, -0.2) is 33.7 Å². The van der Waals surface area contributed by atoms with Gasteiger partial charge in [-0.1, -0.05) is 97.2 Å². The Labute approximate surface area is 268 Å². The van der Waals surface area contributed by atoms with E-state index in [-0.39, 0.29) is 23.0 Å². The molecule has 0 rings (SSSR count). The summed E-state index contributed by atoms with van der Waals surface area (Å²) in [6.45, 7) is 13.1. The summed E-state index contributed by atoms with van der Waals surface area (Å²) in [5.74, 6) is -0.640. The minimum atomic E-state index is -3.50. The second-order valence-corrected chi connectivity index (χ2v) is 19.6. The van der Waals surface area contributed by atoms with E-state index in [1.54, 1.807) is 72.9 Å². The Morgan fingerprint density at radius 1 is 0.341 bits per heavy atom. The number of hydrogen-bond acceptors (Lipinski definition) is 8. The Kier molecular flexibility index (Phi) is 22.2. The first-order chi connectivity index (χ1) is 20.4. The molecule has 0 N–H and O–H groups in total. The summed E-state index contributed by atoms with van der Waals surface area (Å²) in [6.07, 6.45) is 26.7. The Hall–Kier alpha value is -2.28. The Balaban J connectivity index is 0. The summed E-state index contributed by atoms with van der Waals surface area (Å²) in [5.41, 5.74) is 0. The fourth-order valence-electron chi connectivity index (χ4n) is 3.29. The normalized spacial score (nSPS) is 17.1. The zero-order valence-corrected chi connectivity index (χ0v) is 30.5. The molecular formula is C32H52O8S4. The zero-order chi connectivity index (χ0) is 34.5. The van der Waals surface area contributed by atoms with Crippen LogP contribution in [0, 0.1) is 0 Å². The highest BCUT2D eigenvalue weighted by Gasteiger charge is 2.34. The van der Waals surface area contributed by atoms with E-state index in [0.29, 0.717) is 0 Å². The molecule has 0 aromatic rings. The quantitative estimate of drug-likeness (QED) is 0.167. The van der Waals surface area contributed by atoms with Gasteiger partial charge < -0.3 is 0 Å². The van der Waals surface area contributed by atoms with E-state index < -0.39 is 60.3 Å². The molecule has 252 valence electrons. The van der Waals surface area contributed by atoms with Crippen molar-refractivity contribution in [2.24, 2.45) is 0 Å². The van der Waals surface area contributed by atoms with E-state index >= 15 is 0 Å². The van der Waals surface area contributed by atoms with E-state index in [4.69, 9.17) is 0 Å². The summed E-state index contributed by atoms with van der Waals surface area (Å²) in [4.78, 5) is 0. The van der Waals surface area contributed by atoms with Gasteiger partial charge in [0.2, 0.25) is 0 Å². The van der Waals surface area contributed by atoms with Gasteiger partial charge in [-0.3, -0.25) is 0 Å². The van der Waals surface area contributed by atoms with Gasteiger partial charge in [0, 0.05) is 0 Å². The lowest BCUT2D eigenvalue weighted by atomic mass is 10.4. The molecule has 0 aliphatic rings. The van der Waals surface area contributed by atoms with Crippen molar-refractivity contribution in [1.29, 1.82) is 0 Å². The predicted octanol–water partition coefficient (Wildman–Crippen LogP) is 5.72. The van der Waals surface area contributed by atoms with Gasteiger partial charge in [-0.15, -0.1) is 0 Å². The van der Waals surface area contributed by atoms with Crippen LogP contribution >= 0.6 is 0 Å². The minimum absolute atomic E-state index is 0.160. The molecule has 0 radical (unpaired) electrons. The number of rotatable bonds is 18. The van der Waals surface area contributed by atoms with Crippen LogP contribution in [-0.2, 0) is 39.3 Å². The third-order valence-electron chi connectivity index (χ3n) is 6.66. The van der Waals surface area contributed by atoms with Crippen molar-refractivity contribution in [3.63, 3.8) is 0 Å². The van der Waals surface area contributed by atoms with Crippen LogP contribution in [0.5, 0.6) is 0 Å². The first-order valence-electron chi connectivity index (χ1n) is 14.3. The van der Waals surface area contributed by atoms with E-state index in [0.717, 1.165) is 0 Å². The van der Waals surface area contributed by atoms with E-state index in [1.165, 1.54) is 52.0 Å². The van der Waals surface area contributed by atoms with Crippen LogP contribution in [0.3, 0.4) is 0 Å². The van der Waals surface area contributed by atoms with Gasteiger partial charge in [-0.05, 0) is 55.4 Å². The molecule has 0 heterocycles. The van der Waals surface area contributed by atoms with Crippen LogP contribution in [0.4, 0.5) is 0 Å². The summed E-state index contributed by atoms with van der Waals surface area (Å²) < 4.78 is 97.5. The molecule has 0 saturated carbocycles. The van der Waals surface area contributed by atoms with Crippen LogP contribution in [0.15, 0.2) is 97.2 Å². The van der Waals surface area contributed by atoms with Gasteiger partial charge in [0.15, 0.2) is 39.3 Å². The number of sulfone groups is 4. The summed E-state index contributed by atoms with van der Waals surface area (Å²) in [6, 6.07) is 0. The lowest BCUT2D eigenvalue weighted by Crippen LogP contribution is -2.37. The van der Waals surface area contributed by atoms with Crippen LogP contribution in [0.2, 0.25) is 0 Å². The van der Waals surface area contributed by atoms with E-state index in [2.05, 4.69) is 0 Å². The third-order valence-corrected chi connectivity index (χ3v) is 15.8. The fourth-order valence-corrected chi connectivity index (χ4v) is 10.4. The van der Waals surface area contributed by atoms with Crippen molar-refractivity contribution < 1.29 is 33.7 Å². The van der Waals surface area contributed by atoms with Crippen molar-refractivity contribution in [2.75, 3.05) is 23.0 Å². The second-order valence-electron chi connectivity index (χ2n) is 9.95. The van der Waals surface area contributed by atoms with Crippen molar-refractivity contribution in [3.8, 4) is 0 Å². The lowest BCUT2D eigenvalue weighted by Gasteiger charge is -2.19. The van der Waals surface area contributed by atoms with E-state index in [9.17, 15) is 33.7 Å². The summed E-state index contributed by atoms with van der Waals surface area (Å²) in [7, 11) is -14.0. The maximum absolute atomic E-state index is 12.2. The number of allylic oxidation sites excluding steroid dienone is 12. The second kappa shape index (κ2) is 22.3. The summed E-state index contributed by atoms with van der Waals surface area (Å²) >= 11 is 0. The molecule has 0 aromatic carbocycles. The van der Waals surface area contributed by atoms with Gasteiger partial charge in [0.25, 0.3) is 0 Å². The van der Waals surface area contributed by atoms with E-state index in [1.807, 2.05) is 27.7 Å². The first-order valence-corrected chi connectivity index (χ1v) is 21.2. The van der Waals surface area contributed by atoms with Crippen molar-refractivity contribution in [2.45, 2.75) is 76.4 Å². The maximum Gasteiger partial charge on any atom is 0.157 e. The molecular weight excluding hydrogens is 641 g/mol. The minimum Gasteiger partial charge on any atom is -0.228 e. The molecule has 8 nitrogen and oxygen atoms in total. The SMILES string of the molecule is CC=CC=CCS(=O)(=O)C(C)C(C)S(=O)(=O)CC=CC=CC.CC=CC=CCS(=O)(=O)C(C)C(C)S(=O)(=O)CC=CC=CC. The largest absolute Gasteiger partial charge is 0.228 e. The molecule has 0 spiro atoms. The lowest BCUT2D eigenvalue weighted by molar-refractivity contribution is 0.565. The predicted molar refractivity (Wildman–Crippen MR) is 189 cm³/mol. The van der Waals surface area contributed by atoms with Gasteiger partial charge in [-0.2, -0.15) is 0 Å². The summed E-state index contributed by atoms with van der Waals surface area (Å²) in [5, 5.41) is -3.77. The van der Waals surface area contributed by atoms with Crippen LogP contribution < -0.4 is 0 Å². The zero-order valence-electron chi connectivity index (χ0n) is 27.3. The average Bonchev–Trinajstić information content (AvgIpc) is 2.96. The van der Waals surface area contributed by atoms with Crippen molar-refractivity contribution in [1.82, 2.24) is 0 Å². The van der Waals surface area contributed by atoms with Crippen molar-refractivity contribution in [3.05, 3.63) is 97.2 Å². The van der Waals surface area contributed by atoms with Gasteiger partial charge >= 0.3 is 0 Å². The van der Waals surface area contributed by atoms with Crippen molar-refractivity contribution >= 4 is 39.3 Å². The third kappa shape index (κ3) is 17.9. The standard InChI is InChI=1S/2C16H26O4S2/c2*1-5-7-9-11-13-21(17,18)15(3)16(4)22(19,20)14-12-10-8-6-2/h2*5-12,15-16H,13-14H2,1-4H3. The Bertz CT molecular complexity index is 1270. The Morgan fingerprint density at radius 2 is 0.500 bits per heavy atom. The highest BCUT2D eigenvalue weighted by Crippen LogP contribution is 2.17. The molecule has 12 heteroatoms. The molecule has 0 aliphatic carbocycles. The molecule has 0 amide bonds. The highest BCUT2D eigenvalue weighted by atomic mass is 32.2. The molecule has 44 heavy (non-hydrogen) atoms. The average molecular weight is 693 g/mol.